The Bertz CT molecular complexity index is 516. The van der Waals surface area contributed by atoms with Crippen LogP contribution in [-0.2, 0) is 11.1 Å². The van der Waals surface area contributed by atoms with E-state index in [0.717, 1.165) is 10.8 Å². The van der Waals surface area contributed by atoms with Crippen molar-refractivity contribution in [3.05, 3.63) is 41.4 Å². The molecule has 0 aliphatic heterocycles. The van der Waals surface area contributed by atoms with Crippen molar-refractivity contribution >= 4 is 33.5 Å². The van der Waals surface area contributed by atoms with Crippen LogP contribution in [0.4, 0.5) is 0 Å². The minimum absolute atomic E-state index is 0. The number of benzene rings is 2. The van der Waals surface area contributed by atoms with Crippen molar-refractivity contribution in [2.24, 2.45) is 0 Å². The van der Waals surface area contributed by atoms with Gasteiger partial charge < -0.3 is 4.55 Å². The molecule has 0 bridgehead atoms. The third kappa shape index (κ3) is 2.81. The molecule has 5 heteroatoms. The first-order valence-corrected chi connectivity index (χ1v) is 5.41. The maximum absolute atomic E-state index is 10.7. The van der Waals surface area contributed by atoms with Gasteiger partial charge in [-0.2, -0.15) is 0 Å². The van der Waals surface area contributed by atoms with Crippen LogP contribution in [0.25, 0.3) is 10.8 Å². The van der Waals surface area contributed by atoms with E-state index < -0.39 is 11.1 Å². The molecular formula is C10H6ClNaO2S. The second-order valence-corrected chi connectivity index (χ2v) is 4.21. The summed E-state index contributed by atoms with van der Waals surface area (Å²) in [5.74, 6) is 0. The van der Waals surface area contributed by atoms with Gasteiger partial charge in [0.05, 0.1) is 0 Å². The number of rotatable bonds is 1. The summed E-state index contributed by atoms with van der Waals surface area (Å²) in [6.45, 7) is 0. The van der Waals surface area contributed by atoms with Crippen molar-refractivity contribution in [1.82, 2.24) is 0 Å². The monoisotopic (exact) mass is 248 g/mol. The first-order valence-electron chi connectivity index (χ1n) is 3.96. The molecule has 0 N–H and O–H groups in total. The average molecular weight is 249 g/mol. The van der Waals surface area contributed by atoms with Crippen LogP contribution < -0.4 is 29.6 Å². The fourth-order valence-electron chi connectivity index (χ4n) is 1.33. The Kier molecular flexibility index (Phi) is 4.77. The van der Waals surface area contributed by atoms with Crippen molar-refractivity contribution < 1.29 is 38.3 Å². The van der Waals surface area contributed by atoms with Gasteiger partial charge in [-0.05, 0) is 28.6 Å². The molecule has 0 spiro atoms. The van der Waals surface area contributed by atoms with Gasteiger partial charge in [-0.25, -0.2) is 0 Å². The first-order chi connectivity index (χ1) is 6.68. The van der Waals surface area contributed by atoms with Gasteiger partial charge in [-0.3, -0.25) is 4.21 Å². The second-order valence-electron chi connectivity index (χ2n) is 2.86. The zero-order chi connectivity index (χ0) is 10.1. The van der Waals surface area contributed by atoms with Crippen molar-refractivity contribution in [3.8, 4) is 0 Å². The molecule has 2 rings (SSSR count). The minimum Gasteiger partial charge on any atom is -0.768 e. The number of hydrogen-bond acceptors (Lipinski definition) is 2. The van der Waals surface area contributed by atoms with Gasteiger partial charge in [0.2, 0.25) is 0 Å². The number of hydrogen-bond donors (Lipinski definition) is 0. The van der Waals surface area contributed by atoms with Crippen LogP contribution in [0.3, 0.4) is 0 Å². The van der Waals surface area contributed by atoms with Crippen molar-refractivity contribution in [2.75, 3.05) is 0 Å². The predicted octanol–water partition coefficient (Wildman–Crippen LogP) is -0.265. The van der Waals surface area contributed by atoms with E-state index in [-0.39, 0.29) is 34.5 Å². The molecule has 0 fully saturated rings. The van der Waals surface area contributed by atoms with E-state index >= 15 is 0 Å². The van der Waals surface area contributed by atoms with Gasteiger partial charge in [0, 0.05) is 15.3 Å². The van der Waals surface area contributed by atoms with Crippen LogP contribution in [-0.4, -0.2) is 8.76 Å². The van der Waals surface area contributed by atoms with Crippen LogP contribution in [0, 0.1) is 0 Å². The van der Waals surface area contributed by atoms with E-state index in [1.807, 2.05) is 24.3 Å². The Hall–Kier alpha value is 0.100. The van der Waals surface area contributed by atoms with Gasteiger partial charge >= 0.3 is 29.6 Å². The standard InChI is InChI=1S/C10H7ClO2S.Na/c11-10-6-8(14(12)13)5-7-3-1-2-4-9(7)10;/h1-6H,(H,12,13);/q;+1/p-1. The summed E-state index contributed by atoms with van der Waals surface area (Å²) in [6, 6.07) is 10.4. The molecule has 2 aromatic rings. The number of fused-ring (bicyclic) bond motifs is 1. The maximum atomic E-state index is 10.7. The first kappa shape index (κ1) is 13.2. The van der Waals surface area contributed by atoms with Gasteiger partial charge in [0.1, 0.15) is 0 Å². The number of halogens is 1. The van der Waals surface area contributed by atoms with E-state index in [4.69, 9.17) is 11.6 Å². The third-order valence-electron chi connectivity index (χ3n) is 1.98. The molecule has 72 valence electrons. The molecule has 1 atom stereocenters. The minimum atomic E-state index is -2.23. The molecule has 2 aromatic carbocycles. The topological polar surface area (TPSA) is 40.1 Å². The van der Waals surface area contributed by atoms with Crippen molar-refractivity contribution in [3.63, 3.8) is 0 Å². The summed E-state index contributed by atoms with van der Waals surface area (Å²) in [5, 5.41) is 2.16. The Morgan fingerprint density at radius 2 is 1.87 bits per heavy atom. The zero-order valence-electron chi connectivity index (χ0n) is 8.07. The fourth-order valence-corrected chi connectivity index (χ4v) is 2.13. The van der Waals surface area contributed by atoms with Crippen LogP contribution >= 0.6 is 11.6 Å². The molecule has 0 saturated heterocycles. The summed E-state index contributed by atoms with van der Waals surface area (Å²) in [5.41, 5.74) is 0. The average Bonchev–Trinajstić information content (AvgIpc) is 2.17. The van der Waals surface area contributed by atoms with Crippen LogP contribution in [0.2, 0.25) is 5.02 Å². The summed E-state index contributed by atoms with van der Waals surface area (Å²) in [6.07, 6.45) is 0. The van der Waals surface area contributed by atoms with Crippen LogP contribution in [0.15, 0.2) is 41.3 Å². The summed E-state index contributed by atoms with van der Waals surface area (Å²) >= 11 is 3.70. The molecule has 0 aromatic heterocycles. The quantitative estimate of drug-likeness (QED) is 0.515. The van der Waals surface area contributed by atoms with Crippen molar-refractivity contribution in [2.45, 2.75) is 4.90 Å². The van der Waals surface area contributed by atoms with Gasteiger partial charge in [0.25, 0.3) is 0 Å². The van der Waals surface area contributed by atoms with E-state index in [9.17, 15) is 8.76 Å². The maximum Gasteiger partial charge on any atom is 1.00 e. The van der Waals surface area contributed by atoms with Gasteiger partial charge in [0.15, 0.2) is 0 Å². The molecule has 0 radical (unpaired) electrons. The fraction of sp³-hybridized carbons (Fsp3) is 0. The molecule has 0 aliphatic rings. The van der Waals surface area contributed by atoms with E-state index in [1.165, 1.54) is 6.07 Å². The third-order valence-corrected chi connectivity index (χ3v) is 2.91. The molecule has 0 aliphatic carbocycles. The zero-order valence-corrected chi connectivity index (χ0v) is 11.6. The van der Waals surface area contributed by atoms with Crippen molar-refractivity contribution in [1.29, 1.82) is 0 Å². The molecular weight excluding hydrogens is 243 g/mol. The normalized spacial score (nSPS) is 12.1. The SMILES string of the molecule is O=S([O-])c1cc(Cl)c2ccccc2c1.[Na+]. The molecule has 0 heterocycles. The smallest absolute Gasteiger partial charge is 0.768 e. The molecule has 2 nitrogen and oxygen atoms in total. The largest absolute Gasteiger partial charge is 1.00 e. The Labute approximate surface area is 117 Å². The second kappa shape index (κ2) is 5.43. The molecule has 15 heavy (non-hydrogen) atoms. The van der Waals surface area contributed by atoms with Gasteiger partial charge in [-0.1, -0.05) is 35.9 Å². The summed E-state index contributed by atoms with van der Waals surface area (Å²) < 4.78 is 21.5. The van der Waals surface area contributed by atoms with Crippen LogP contribution in [0.1, 0.15) is 0 Å². The molecule has 1 unspecified atom stereocenters. The Morgan fingerprint density at radius 3 is 2.53 bits per heavy atom. The summed E-state index contributed by atoms with van der Waals surface area (Å²) in [7, 11) is 0. The van der Waals surface area contributed by atoms with E-state index in [2.05, 4.69) is 0 Å². The molecule has 0 saturated carbocycles. The predicted molar refractivity (Wildman–Crippen MR) is 56.1 cm³/mol. The van der Waals surface area contributed by atoms with Crippen LogP contribution in [0.5, 0.6) is 0 Å². The van der Waals surface area contributed by atoms with Gasteiger partial charge in [-0.15, -0.1) is 0 Å². The van der Waals surface area contributed by atoms with E-state index in [1.54, 1.807) is 6.07 Å². The Morgan fingerprint density at radius 1 is 1.20 bits per heavy atom. The Balaban J connectivity index is 0.00000112. The molecule has 0 amide bonds. The summed E-state index contributed by atoms with van der Waals surface area (Å²) in [4.78, 5) is 0.216. The van der Waals surface area contributed by atoms with E-state index in [0.29, 0.717) is 5.02 Å².